The van der Waals surface area contributed by atoms with Crippen LogP contribution >= 0.6 is 0 Å². The molecule has 2 rings (SSSR count). The van der Waals surface area contributed by atoms with Gasteiger partial charge < -0.3 is 4.90 Å². The molecule has 0 bridgehead atoms. The van der Waals surface area contributed by atoms with Crippen LogP contribution in [0.4, 0.5) is 10.1 Å². The molecular weight excluding hydrogens is 229 g/mol. The Morgan fingerprint density at radius 1 is 1.33 bits per heavy atom. The van der Waals surface area contributed by atoms with E-state index in [9.17, 15) is 4.39 Å². The van der Waals surface area contributed by atoms with E-state index in [1.54, 1.807) is 6.07 Å². The Balaban J connectivity index is 2.23. The molecule has 1 aromatic rings. The molecular formula is C14H18FN3. The molecule has 4 heteroatoms. The fraction of sp³-hybridized carbons (Fsp3) is 0.500. The quantitative estimate of drug-likeness (QED) is 0.762. The van der Waals surface area contributed by atoms with Gasteiger partial charge in [-0.2, -0.15) is 5.26 Å². The highest BCUT2D eigenvalue weighted by Crippen LogP contribution is 2.25. The molecule has 0 amide bonds. The lowest BCUT2D eigenvalue weighted by Gasteiger charge is -2.46. The summed E-state index contributed by atoms with van der Waals surface area (Å²) in [5.74, 6) is -0.438. The fourth-order valence-corrected chi connectivity index (χ4v) is 2.25. The van der Waals surface area contributed by atoms with Crippen molar-refractivity contribution in [3.63, 3.8) is 0 Å². The number of hydrogen-bond donors (Lipinski definition) is 0. The molecule has 3 nitrogen and oxygen atoms in total. The number of nitriles is 1. The van der Waals surface area contributed by atoms with E-state index in [0.717, 1.165) is 25.3 Å². The van der Waals surface area contributed by atoms with Crippen LogP contribution in [0.25, 0.3) is 0 Å². The number of hydrogen-bond acceptors (Lipinski definition) is 3. The van der Waals surface area contributed by atoms with Crippen molar-refractivity contribution < 1.29 is 4.39 Å². The van der Waals surface area contributed by atoms with Gasteiger partial charge in [-0.25, -0.2) is 4.39 Å². The molecule has 18 heavy (non-hydrogen) atoms. The number of piperazine rings is 1. The maximum absolute atomic E-state index is 13.6. The zero-order valence-corrected chi connectivity index (χ0v) is 11.1. The van der Waals surface area contributed by atoms with Gasteiger partial charge in [-0.15, -0.1) is 0 Å². The Bertz CT molecular complexity index is 490. The van der Waals surface area contributed by atoms with Gasteiger partial charge in [-0.3, -0.25) is 4.90 Å². The van der Waals surface area contributed by atoms with Crippen molar-refractivity contribution in [2.75, 3.05) is 31.6 Å². The van der Waals surface area contributed by atoms with Gasteiger partial charge in [0.25, 0.3) is 0 Å². The van der Waals surface area contributed by atoms with Gasteiger partial charge in [0.15, 0.2) is 0 Å². The van der Waals surface area contributed by atoms with Gasteiger partial charge >= 0.3 is 0 Å². The molecule has 1 saturated heterocycles. The van der Waals surface area contributed by atoms with Crippen LogP contribution in [0.15, 0.2) is 18.2 Å². The molecule has 0 aliphatic carbocycles. The largest absolute Gasteiger partial charge is 0.368 e. The minimum atomic E-state index is -0.438. The lowest BCUT2D eigenvalue weighted by molar-refractivity contribution is 0.139. The number of nitrogens with zero attached hydrogens (tertiary/aromatic N) is 3. The first-order valence-corrected chi connectivity index (χ1v) is 6.10. The van der Waals surface area contributed by atoms with Gasteiger partial charge in [0.2, 0.25) is 0 Å². The topological polar surface area (TPSA) is 30.3 Å². The van der Waals surface area contributed by atoms with E-state index in [2.05, 4.69) is 30.7 Å². The Labute approximate surface area is 107 Å². The molecule has 0 N–H and O–H groups in total. The van der Waals surface area contributed by atoms with Crippen molar-refractivity contribution in [1.29, 1.82) is 5.26 Å². The standard InChI is InChI=1S/C14H18FN3/c1-14(2)10-18(7-6-17(14)3)12-5-4-11(9-16)13(15)8-12/h4-5,8H,6-7,10H2,1-3H3. The van der Waals surface area contributed by atoms with E-state index < -0.39 is 5.82 Å². The fourth-order valence-electron chi connectivity index (χ4n) is 2.25. The second-order valence-electron chi connectivity index (χ2n) is 5.43. The van der Waals surface area contributed by atoms with Crippen LogP contribution < -0.4 is 4.90 Å². The molecule has 1 aliphatic heterocycles. The van der Waals surface area contributed by atoms with Crippen molar-refractivity contribution >= 4 is 5.69 Å². The molecule has 0 saturated carbocycles. The summed E-state index contributed by atoms with van der Waals surface area (Å²) in [6, 6.07) is 6.68. The third kappa shape index (κ3) is 2.32. The van der Waals surface area contributed by atoms with E-state index >= 15 is 0 Å². The lowest BCUT2D eigenvalue weighted by atomic mass is 9.99. The van der Waals surface area contributed by atoms with Crippen LogP contribution in [0.2, 0.25) is 0 Å². The lowest BCUT2D eigenvalue weighted by Crippen LogP contribution is -2.57. The predicted octanol–water partition coefficient (Wildman–Crippen LogP) is 2.23. The molecule has 1 heterocycles. The molecule has 0 unspecified atom stereocenters. The Morgan fingerprint density at radius 2 is 2.06 bits per heavy atom. The summed E-state index contributed by atoms with van der Waals surface area (Å²) in [5, 5.41) is 8.73. The third-order valence-corrected chi connectivity index (χ3v) is 3.75. The minimum absolute atomic E-state index is 0.0720. The second kappa shape index (κ2) is 4.58. The van der Waals surface area contributed by atoms with Crippen molar-refractivity contribution in [3.8, 4) is 6.07 Å². The minimum Gasteiger partial charge on any atom is -0.368 e. The molecule has 0 aromatic heterocycles. The Kier molecular flexibility index (Phi) is 3.27. The summed E-state index contributed by atoms with van der Waals surface area (Å²) >= 11 is 0. The zero-order chi connectivity index (χ0) is 13.3. The average molecular weight is 247 g/mol. The summed E-state index contributed by atoms with van der Waals surface area (Å²) in [5.41, 5.74) is 1.03. The van der Waals surface area contributed by atoms with Crippen LogP contribution in [0.3, 0.4) is 0 Å². The Hall–Kier alpha value is -1.60. The van der Waals surface area contributed by atoms with Gasteiger partial charge in [0, 0.05) is 30.9 Å². The summed E-state index contributed by atoms with van der Waals surface area (Å²) in [7, 11) is 2.11. The summed E-state index contributed by atoms with van der Waals surface area (Å²) in [6.45, 7) is 7.05. The van der Waals surface area contributed by atoms with E-state index in [0.29, 0.717) is 0 Å². The van der Waals surface area contributed by atoms with Crippen LogP contribution in [0.5, 0.6) is 0 Å². The zero-order valence-electron chi connectivity index (χ0n) is 11.1. The Morgan fingerprint density at radius 3 is 2.61 bits per heavy atom. The number of halogens is 1. The number of benzene rings is 1. The molecule has 1 aliphatic rings. The van der Waals surface area contributed by atoms with Gasteiger partial charge in [-0.1, -0.05) is 0 Å². The smallest absolute Gasteiger partial charge is 0.143 e. The summed E-state index contributed by atoms with van der Waals surface area (Å²) < 4.78 is 13.6. The summed E-state index contributed by atoms with van der Waals surface area (Å²) in [6.07, 6.45) is 0. The van der Waals surface area contributed by atoms with Crippen LogP contribution in [0.1, 0.15) is 19.4 Å². The van der Waals surface area contributed by atoms with Crippen LogP contribution in [0, 0.1) is 17.1 Å². The second-order valence-corrected chi connectivity index (χ2v) is 5.43. The number of rotatable bonds is 1. The highest BCUT2D eigenvalue weighted by molar-refractivity contribution is 5.51. The molecule has 1 fully saturated rings. The first-order valence-electron chi connectivity index (χ1n) is 6.10. The first-order chi connectivity index (χ1) is 8.44. The number of anilines is 1. The van der Waals surface area contributed by atoms with Crippen molar-refractivity contribution in [1.82, 2.24) is 4.90 Å². The predicted molar refractivity (Wildman–Crippen MR) is 70.0 cm³/mol. The molecule has 96 valence electrons. The average Bonchev–Trinajstić information content (AvgIpc) is 2.32. The van der Waals surface area contributed by atoms with Crippen molar-refractivity contribution in [3.05, 3.63) is 29.6 Å². The highest BCUT2D eigenvalue weighted by atomic mass is 19.1. The molecule has 0 radical (unpaired) electrons. The van der Waals surface area contributed by atoms with Gasteiger partial charge in [-0.05, 0) is 39.1 Å². The van der Waals surface area contributed by atoms with Gasteiger partial charge in [0.1, 0.15) is 11.9 Å². The van der Waals surface area contributed by atoms with Crippen LogP contribution in [-0.2, 0) is 0 Å². The maximum Gasteiger partial charge on any atom is 0.143 e. The van der Waals surface area contributed by atoms with E-state index in [1.807, 2.05) is 12.1 Å². The highest BCUT2D eigenvalue weighted by Gasteiger charge is 2.31. The van der Waals surface area contributed by atoms with E-state index in [4.69, 9.17) is 5.26 Å². The van der Waals surface area contributed by atoms with Gasteiger partial charge in [0.05, 0.1) is 5.56 Å². The van der Waals surface area contributed by atoms with Crippen LogP contribution in [-0.4, -0.2) is 37.1 Å². The third-order valence-electron chi connectivity index (χ3n) is 3.75. The SMILES string of the molecule is CN1CCN(c2ccc(C#N)c(F)c2)CC1(C)C. The monoisotopic (exact) mass is 247 g/mol. The molecule has 0 spiro atoms. The van der Waals surface area contributed by atoms with E-state index in [1.165, 1.54) is 6.07 Å². The number of likely N-dealkylation sites (N-methyl/N-ethyl adjacent to an activating group) is 1. The maximum atomic E-state index is 13.6. The first kappa shape index (κ1) is 12.8. The van der Waals surface area contributed by atoms with E-state index in [-0.39, 0.29) is 11.1 Å². The normalized spacial score (nSPS) is 19.6. The summed E-state index contributed by atoms with van der Waals surface area (Å²) in [4.78, 5) is 4.48. The molecule has 1 aromatic carbocycles. The van der Waals surface area contributed by atoms with Crippen molar-refractivity contribution in [2.24, 2.45) is 0 Å². The molecule has 0 atom stereocenters. The van der Waals surface area contributed by atoms with Crippen molar-refractivity contribution in [2.45, 2.75) is 19.4 Å².